The van der Waals surface area contributed by atoms with Crippen LogP contribution in [0.15, 0.2) is 30.3 Å². The van der Waals surface area contributed by atoms with E-state index >= 15 is 0 Å². The summed E-state index contributed by atoms with van der Waals surface area (Å²) in [6, 6.07) is 8.91. The van der Waals surface area contributed by atoms with E-state index in [4.69, 9.17) is 0 Å². The molecule has 0 saturated carbocycles. The number of carbonyl (C=O) groups excluding carboxylic acids is 2. The van der Waals surface area contributed by atoms with Crippen LogP contribution in [0.4, 0.5) is 27.6 Å². The van der Waals surface area contributed by atoms with Crippen LogP contribution >= 0.6 is 0 Å². The number of halogens is 5. The molecule has 0 spiro atoms. The first-order valence-electron chi connectivity index (χ1n) is 7.32. The van der Waals surface area contributed by atoms with E-state index < -0.39 is 53.3 Å². The monoisotopic (exact) mass is 373 g/mol. The first-order valence-corrected chi connectivity index (χ1v) is 7.32. The van der Waals surface area contributed by atoms with Gasteiger partial charge in [-0.05, 0) is 12.0 Å². The summed E-state index contributed by atoms with van der Waals surface area (Å²) in [5, 5.41) is 1.50. The number of rotatable bonds is 6. The molecule has 0 aromatic heterocycles. The molecule has 0 bridgehead atoms. The minimum Gasteiger partial charge on any atom is -0.456 e. The van der Waals surface area contributed by atoms with Gasteiger partial charge in [-0.1, -0.05) is 30.3 Å². The number of amides is 1. The highest BCUT2D eigenvalue weighted by atomic mass is 19.2. The second-order valence-electron chi connectivity index (χ2n) is 5.14. The Hall–Kier alpha value is -2.97. The molecule has 2 rings (SSSR count). The number of carbonyl (C=O) groups is 2. The fourth-order valence-corrected chi connectivity index (χ4v) is 2.00. The number of benzene rings is 2. The fraction of sp³-hybridized carbons (Fsp3) is 0.176. The van der Waals surface area contributed by atoms with Gasteiger partial charge < -0.3 is 10.1 Å². The van der Waals surface area contributed by atoms with E-state index in [-0.39, 0.29) is 6.42 Å². The van der Waals surface area contributed by atoms with Crippen molar-refractivity contribution in [1.82, 2.24) is 0 Å². The van der Waals surface area contributed by atoms with Gasteiger partial charge in [-0.2, -0.15) is 0 Å². The second-order valence-corrected chi connectivity index (χ2v) is 5.14. The van der Waals surface area contributed by atoms with Gasteiger partial charge >= 0.3 is 5.97 Å². The first-order chi connectivity index (χ1) is 12.3. The van der Waals surface area contributed by atoms with Crippen LogP contribution in [-0.2, 0) is 20.7 Å². The summed E-state index contributed by atoms with van der Waals surface area (Å²) in [4.78, 5) is 23.1. The fourth-order valence-electron chi connectivity index (χ4n) is 2.00. The Morgan fingerprint density at radius 2 is 1.38 bits per heavy atom. The second kappa shape index (κ2) is 8.41. The summed E-state index contributed by atoms with van der Waals surface area (Å²) in [7, 11) is 0. The van der Waals surface area contributed by atoms with Crippen molar-refractivity contribution in [3.8, 4) is 0 Å². The smallest absolute Gasteiger partial charge is 0.306 e. The van der Waals surface area contributed by atoms with Gasteiger partial charge in [-0.25, -0.2) is 22.0 Å². The first kappa shape index (κ1) is 19.4. The topological polar surface area (TPSA) is 55.4 Å². The molecule has 0 aliphatic heterocycles. The van der Waals surface area contributed by atoms with Crippen molar-refractivity contribution in [3.05, 3.63) is 65.0 Å². The van der Waals surface area contributed by atoms with Crippen LogP contribution in [0.2, 0.25) is 0 Å². The summed E-state index contributed by atoms with van der Waals surface area (Å²) in [6.07, 6.45) is 0.290. The normalized spacial score (nSPS) is 10.5. The Morgan fingerprint density at radius 3 is 1.96 bits per heavy atom. The van der Waals surface area contributed by atoms with Crippen LogP contribution in [0.25, 0.3) is 0 Å². The van der Waals surface area contributed by atoms with E-state index in [1.807, 2.05) is 0 Å². The number of aryl methyl sites for hydroxylation is 1. The van der Waals surface area contributed by atoms with Crippen LogP contribution in [0.1, 0.15) is 12.0 Å². The molecular weight excluding hydrogens is 361 g/mol. The summed E-state index contributed by atoms with van der Waals surface area (Å²) in [6.45, 7) is -0.937. The number of nitrogens with one attached hydrogen (secondary N) is 1. The Labute approximate surface area is 144 Å². The van der Waals surface area contributed by atoms with Gasteiger partial charge in [0.25, 0.3) is 5.91 Å². The molecular formula is C17H12F5NO3. The van der Waals surface area contributed by atoms with Crippen molar-refractivity contribution >= 4 is 17.6 Å². The summed E-state index contributed by atoms with van der Waals surface area (Å²) >= 11 is 0. The van der Waals surface area contributed by atoms with E-state index in [1.54, 1.807) is 30.3 Å². The molecule has 2 aromatic carbocycles. The zero-order valence-corrected chi connectivity index (χ0v) is 13.1. The van der Waals surface area contributed by atoms with Crippen molar-refractivity contribution in [2.45, 2.75) is 12.8 Å². The van der Waals surface area contributed by atoms with Crippen molar-refractivity contribution < 1.29 is 36.3 Å². The van der Waals surface area contributed by atoms with Gasteiger partial charge in [0.2, 0.25) is 5.82 Å². The third-order valence-electron chi connectivity index (χ3n) is 3.30. The van der Waals surface area contributed by atoms with Crippen molar-refractivity contribution in [2.24, 2.45) is 0 Å². The highest BCUT2D eigenvalue weighted by molar-refractivity contribution is 5.93. The van der Waals surface area contributed by atoms with Gasteiger partial charge in [-0.3, -0.25) is 9.59 Å². The molecule has 26 heavy (non-hydrogen) atoms. The van der Waals surface area contributed by atoms with E-state index in [1.165, 1.54) is 5.32 Å². The quantitative estimate of drug-likeness (QED) is 0.365. The molecule has 0 aliphatic carbocycles. The lowest BCUT2D eigenvalue weighted by molar-refractivity contribution is -0.147. The van der Waals surface area contributed by atoms with Crippen LogP contribution in [0, 0.1) is 29.1 Å². The van der Waals surface area contributed by atoms with Gasteiger partial charge in [0.05, 0.1) is 0 Å². The molecule has 4 nitrogen and oxygen atoms in total. The Morgan fingerprint density at radius 1 is 0.846 bits per heavy atom. The van der Waals surface area contributed by atoms with Gasteiger partial charge in [0.1, 0.15) is 5.69 Å². The maximum atomic E-state index is 13.4. The SMILES string of the molecule is O=C(COC(=O)CCc1ccccc1)Nc1c(F)c(F)c(F)c(F)c1F. The van der Waals surface area contributed by atoms with Crippen molar-refractivity contribution in [2.75, 3.05) is 11.9 Å². The van der Waals surface area contributed by atoms with Crippen LogP contribution in [0.3, 0.4) is 0 Å². The zero-order valence-electron chi connectivity index (χ0n) is 13.1. The molecule has 0 aliphatic rings. The summed E-state index contributed by atoms with van der Waals surface area (Å²) in [5.41, 5.74) is -0.651. The van der Waals surface area contributed by atoms with Crippen LogP contribution in [0.5, 0.6) is 0 Å². The highest BCUT2D eigenvalue weighted by Gasteiger charge is 2.27. The van der Waals surface area contributed by atoms with Crippen LogP contribution < -0.4 is 5.32 Å². The lowest BCUT2D eigenvalue weighted by Gasteiger charge is -2.10. The molecule has 9 heteroatoms. The number of hydrogen-bond acceptors (Lipinski definition) is 3. The average Bonchev–Trinajstić information content (AvgIpc) is 2.65. The largest absolute Gasteiger partial charge is 0.456 e. The lowest BCUT2D eigenvalue weighted by Crippen LogP contribution is -2.23. The maximum absolute atomic E-state index is 13.4. The third kappa shape index (κ3) is 4.56. The summed E-state index contributed by atoms with van der Waals surface area (Å²) < 4.78 is 70.4. The summed E-state index contributed by atoms with van der Waals surface area (Å²) in [5.74, 6) is -13.1. The van der Waals surface area contributed by atoms with E-state index in [0.717, 1.165) is 5.56 Å². The molecule has 1 N–H and O–H groups in total. The molecule has 2 aromatic rings. The predicted molar refractivity (Wildman–Crippen MR) is 80.6 cm³/mol. The number of hydrogen-bond donors (Lipinski definition) is 1. The number of ether oxygens (including phenoxy) is 1. The molecule has 1 amide bonds. The molecule has 0 fully saturated rings. The van der Waals surface area contributed by atoms with Gasteiger partial charge in [-0.15, -0.1) is 0 Å². The minimum absolute atomic E-state index is 0.0557. The average molecular weight is 373 g/mol. The molecule has 0 unspecified atom stereocenters. The van der Waals surface area contributed by atoms with Crippen molar-refractivity contribution in [3.63, 3.8) is 0 Å². The molecule has 0 saturated heterocycles. The van der Waals surface area contributed by atoms with Crippen LogP contribution in [-0.4, -0.2) is 18.5 Å². The molecule has 0 atom stereocenters. The van der Waals surface area contributed by atoms with E-state index in [9.17, 15) is 31.5 Å². The highest BCUT2D eigenvalue weighted by Crippen LogP contribution is 2.26. The number of anilines is 1. The lowest BCUT2D eigenvalue weighted by atomic mass is 10.1. The third-order valence-corrected chi connectivity index (χ3v) is 3.30. The van der Waals surface area contributed by atoms with E-state index in [0.29, 0.717) is 6.42 Å². The zero-order chi connectivity index (χ0) is 19.3. The Balaban J connectivity index is 1.90. The van der Waals surface area contributed by atoms with E-state index in [2.05, 4.69) is 4.74 Å². The molecule has 0 heterocycles. The molecule has 0 radical (unpaired) electrons. The minimum atomic E-state index is -2.34. The van der Waals surface area contributed by atoms with Crippen molar-refractivity contribution in [1.29, 1.82) is 0 Å². The van der Waals surface area contributed by atoms with Gasteiger partial charge in [0, 0.05) is 6.42 Å². The molecule has 138 valence electrons. The number of esters is 1. The standard InChI is InChI=1S/C17H12F5NO3/c18-12-13(19)15(21)17(16(22)14(12)20)23-10(24)8-26-11(25)7-6-9-4-2-1-3-5-9/h1-5H,6-8H2,(H,23,24). The maximum Gasteiger partial charge on any atom is 0.306 e. The Kier molecular flexibility index (Phi) is 6.26. The predicted octanol–water partition coefficient (Wildman–Crippen LogP) is 3.50. The van der Waals surface area contributed by atoms with Gasteiger partial charge in [0.15, 0.2) is 29.9 Å². The Bertz CT molecular complexity index is 798.